The van der Waals surface area contributed by atoms with Crippen LogP contribution >= 0.6 is 50.7 Å². The molecule has 0 fully saturated rings. The van der Waals surface area contributed by atoms with E-state index in [4.69, 9.17) is 39.5 Å². The molecule has 1 heterocycles. The second kappa shape index (κ2) is 6.11. The van der Waals surface area contributed by atoms with Gasteiger partial charge in [-0.05, 0) is 24.3 Å². The summed E-state index contributed by atoms with van der Waals surface area (Å²) in [6, 6.07) is 6.97. The van der Waals surface area contributed by atoms with Crippen molar-refractivity contribution >= 4 is 50.7 Å². The van der Waals surface area contributed by atoms with Gasteiger partial charge >= 0.3 is 0 Å². The molecule has 18 heavy (non-hydrogen) atoms. The highest BCUT2D eigenvalue weighted by atomic mass is 79.9. The first kappa shape index (κ1) is 13.9. The zero-order chi connectivity index (χ0) is 13.1. The van der Waals surface area contributed by atoms with Gasteiger partial charge in [-0.25, -0.2) is 4.98 Å². The van der Waals surface area contributed by atoms with Gasteiger partial charge in [0.2, 0.25) is 0 Å². The monoisotopic (exact) mass is 365 g/mol. The largest absolute Gasteiger partial charge is 0.487 e. The Morgan fingerprint density at radius 1 is 1.11 bits per heavy atom. The van der Waals surface area contributed by atoms with E-state index in [0.29, 0.717) is 20.9 Å². The first-order valence-corrected chi connectivity index (χ1v) is 6.87. The van der Waals surface area contributed by atoms with Gasteiger partial charge in [-0.2, -0.15) is 0 Å². The Labute approximate surface area is 128 Å². The topological polar surface area (TPSA) is 22.1 Å². The van der Waals surface area contributed by atoms with Crippen LogP contribution in [0.1, 0.15) is 5.56 Å². The second-order valence-corrected chi connectivity index (χ2v) is 5.58. The van der Waals surface area contributed by atoms with Crippen molar-refractivity contribution in [2.45, 2.75) is 6.61 Å². The fourth-order valence-electron chi connectivity index (χ4n) is 1.29. The molecule has 2 aromatic rings. The van der Waals surface area contributed by atoms with Crippen molar-refractivity contribution in [3.05, 3.63) is 55.7 Å². The van der Waals surface area contributed by atoms with Crippen molar-refractivity contribution in [3.63, 3.8) is 0 Å². The molecule has 94 valence electrons. The van der Waals surface area contributed by atoms with Crippen molar-refractivity contribution < 1.29 is 4.74 Å². The fraction of sp³-hybridized carbons (Fsp3) is 0.0833. The maximum absolute atomic E-state index is 6.04. The van der Waals surface area contributed by atoms with E-state index in [1.54, 1.807) is 24.4 Å². The van der Waals surface area contributed by atoms with Gasteiger partial charge in [0.15, 0.2) is 0 Å². The molecule has 0 aliphatic heterocycles. The standard InChI is InChI=1S/C12H7BrCl3NO/c13-8-1-2-11(10(15)3-8)18-6-7-5-17-12(16)4-9(7)14/h1-5H,6H2. The van der Waals surface area contributed by atoms with E-state index in [1.807, 2.05) is 6.07 Å². The summed E-state index contributed by atoms with van der Waals surface area (Å²) in [5.74, 6) is 0.589. The van der Waals surface area contributed by atoms with Gasteiger partial charge in [0, 0.05) is 16.2 Å². The molecule has 2 rings (SSSR count). The molecular weight excluding hydrogens is 360 g/mol. The molecule has 0 saturated carbocycles. The molecule has 1 aromatic heterocycles. The Hall–Kier alpha value is -0.480. The lowest BCUT2D eigenvalue weighted by Gasteiger charge is -2.09. The quantitative estimate of drug-likeness (QED) is 0.679. The summed E-state index contributed by atoms with van der Waals surface area (Å²) < 4.78 is 6.47. The predicted octanol–water partition coefficient (Wildman–Crippen LogP) is 5.38. The van der Waals surface area contributed by atoms with Crippen molar-refractivity contribution in [2.24, 2.45) is 0 Å². The third kappa shape index (κ3) is 3.51. The zero-order valence-electron chi connectivity index (χ0n) is 8.96. The fourth-order valence-corrected chi connectivity index (χ4v) is 2.44. The molecule has 0 unspecified atom stereocenters. The van der Waals surface area contributed by atoms with Crippen molar-refractivity contribution in [3.8, 4) is 5.75 Å². The normalized spacial score (nSPS) is 10.4. The number of ether oxygens (including phenoxy) is 1. The smallest absolute Gasteiger partial charge is 0.138 e. The highest BCUT2D eigenvalue weighted by Gasteiger charge is 2.06. The molecule has 2 nitrogen and oxygen atoms in total. The number of rotatable bonds is 3. The van der Waals surface area contributed by atoms with Gasteiger partial charge in [0.05, 0.1) is 10.0 Å². The SMILES string of the molecule is Clc1cc(Cl)c(COc2ccc(Br)cc2Cl)cn1. The zero-order valence-corrected chi connectivity index (χ0v) is 12.8. The van der Waals surface area contributed by atoms with Crippen molar-refractivity contribution in [1.82, 2.24) is 4.98 Å². The molecule has 0 aliphatic carbocycles. The Kier molecular flexibility index (Phi) is 4.73. The second-order valence-electron chi connectivity index (χ2n) is 3.46. The summed E-state index contributed by atoms with van der Waals surface area (Å²) in [5, 5.41) is 1.40. The van der Waals surface area contributed by atoms with Gasteiger partial charge in [-0.1, -0.05) is 50.7 Å². The number of hydrogen-bond donors (Lipinski definition) is 0. The Morgan fingerprint density at radius 3 is 2.56 bits per heavy atom. The first-order chi connectivity index (χ1) is 8.56. The summed E-state index contributed by atoms with van der Waals surface area (Å²) in [6.07, 6.45) is 1.58. The molecule has 0 atom stereocenters. The minimum Gasteiger partial charge on any atom is -0.487 e. The summed E-state index contributed by atoms with van der Waals surface area (Å²) in [6.45, 7) is 0.282. The number of nitrogens with zero attached hydrogens (tertiary/aromatic N) is 1. The Morgan fingerprint density at radius 2 is 1.89 bits per heavy atom. The molecule has 0 N–H and O–H groups in total. The minimum absolute atomic E-state index is 0.282. The number of benzene rings is 1. The van der Waals surface area contributed by atoms with Crippen LogP contribution in [0.4, 0.5) is 0 Å². The molecule has 0 radical (unpaired) electrons. The van der Waals surface area contributed by atoms with Crippen LogP contribution in [0.2, 0.25) is 15.2 Å². The lowest BCUT2D eigenvalue weighted by Crippen LogP contribution is -1.97. The maximum Gasteiger partial charge on any atom is 0.138 e. The molecular formula is C12H7BrCl3NO. The molecule has 6 heteroatoms. The van der Waals surface area contributed by atoms with E-state index >= 15 is 0 Å². The molecule has 0 amide bonds. The number of pyridine rings is 1. The first-order valence-electron chi connectivity index (χ1n) is 4.94. The molecule has 0 aliphatic rings. The van der Waals surface area contributed by atoms with Gasteiger partial charge in [0.1, 0.15) is 17.5 Å². The maximum atomic E-state index is 6.04. The van der Waals surface area contributed by atoms with Crippen molar-refractivity contribution in [1.29, 1.82) is 0 Å². The van der Waals surface area contributed by atoms with Crippen LogP contribution < -0.4 is 4.74 Å². The number of aromatic nitrogens is 1. The van der Waals surface area contributed by atoms with Crippen LogP contribution in [0, 0.1) is 0 Å². The molecule has 1 aromatic carbocycles. The predicted molar refractivity (Wildman–Crippen MR) is 77.7 cm³/mol. The minimum atomic E-state index is 0.282. The lowest BCUT2D eigenvalue weighted by atomic mass is 10.3. The third-order valence-corrected chi connectivity index (χ3v) is 3.52. The van der Waals surface area contributed by atoms with Crippen LogP contribution in [0.5, 0.6) is 5.75 Å². The highest BCUT2D eigenvalue weighted by Crippen LogP contribution is 2.29. The third-order valence-electron chi connectivity index (χ3n) is 2.17. The van der Waals surface area contributed by atoms with E-state index in [-0.39, 0.29) is 6.61 Å². The summed E-state index contributed by atoms with van der Waals surface area (Å²) in [7, 11) is 0. The van der Waals surface area contributed by atoms with Gasteiger partial charge in [0.25, 0.3) is 0 Å². The van der Waals surface area contributed by atoms with E-state index in [0.717, 1.165) is 10.0 Å². The molecule has 0 bridgehead atoms. The highest BCUT2D eigenvalue weighted by molar-refractivity contribution is 9.10. The van der Waals surface area contributed by atoms with Gasteiger partial charge in [-0.3, -0.25) is 0 Å². The van der Waals surface area contributed by atoms with E-state index < -0.39 is 0 Å². The number of hydrogen-bond acceptors (Lipinski definition) is 2. The van der Waals surface area contributed by atoms with E-state index in [2.05, 4.69) is 20.9 Å². The molecule has 0 spiro atoms. The van der Waals surface area contributed by atoms with Crippen LogP contribution in [0.15, 0.2) is 34.9 Å². The van der Waals surface area contributed by atoms with Crippen LogP contribution in [-0.2, 0) is 6.61 Å². The average Bonchev–Trinajstić information content (AvgIpc) is 2.30. The number of halogens is 4. The Balaban J connectivity index is 2.11. The van der Waals surface area contributed by atoms with Gasteiger partial charge in [-0.15, -0.1) is 0 Å². The van der Waals surface area contributed by atoms with Gasteiger partial charge < -0.3 is 4.74 Å². The Bertz CT molecular complexity index is 526. The summed E-state index contributed by atoms with van der Waals surface area (Å²) in [5.41, 5.74) is 0.750. The van der Waals surface area contributed by atoms with Crippen molar-refractivity contribution in [2.75, 3.05) is 0 Å². The lowest BCUT2D eigenvalue weighted by molar-refractivity contribution is 0.306. The average molecular weight is 367 g/mol. The molecule has 0 saturated heterocycles. The van der Waals surface area contributed by atoms with Crippen LogP contribution in [-0.4, -0.2) is 4.98 Å². The van der Waals surface area contributed by atoms with E-state index in [9.17, 15) is 0 Å². The summed E-state index contributed by atoms with van der Waals surface area (Å²) >= 11 is 21.1. The van der Waals surface area contributed by atoms with Crippen LogP contribution in [0.25, 0.3) is 0 Å². The van der Waals surface area contributed by atoms with Crippen LogP contribution in [0.3, 0.4) is 0 Å². The van der Waals surface area contributed by atoms with E-state index in [1.165, 1.54) is 0 Å². The summed E-state index contributed by atoms with van der Waals surface area (Å²) in [4.78, 5) is 3.95.